The molecule has 0 aromatic heterocycles. The minimum atomic E-state index is -2.40. The molecule has 3 N–H and O–H groups in total. The van der Waals surface area contributed by atoms with Crippen molar-refractivity contribution in [2.45, 2.75) is 139 Å². The molecule has 0 amide bonds. The second-order valence-electron chi connectivity index (χ2n) is 15.0. The van der Waals surface area contributed by atoms with E-state index >= 15 is 0 Å². The number of ether oxygens (including phenoxy) is 6. The second kappa shape index (κ2) is 17.6. The van der Waals surface area contributed by atoms with Crippen molar-refractivity contribution in [2.24, 2.45) is 5.41 Å². The van der Waals surface area contributed by atoms with E-state index in [4.69, 9.17) is 28.4 Å². The summed E-state index contributed by atoms with van der Waals surface area (Å²) in [5, 5.41) is 45.2. The maximum absolute atomic E-state index is 13.6. The lowest BCUT2D eigenvalue weighted by Gasteiger charge is -2.51. The molecule has 0 unspecified atom stereocenters. The van der Waals surface area contributed by atoms with Crippen molar-refractivity contribution >= 4 is 23.6 Å². The highest BCUT2D eigenvalue weighted by molar-refractivity contribution is 5.90. The number of carbonyl (C=O) groups is 3. The summed E-state index contributed by atoms with van der Waals surface area (Å²) < 4.78 is 35.6. The standard InChI is InChI=1S/C38H51NO14/c1-37(2)14-13-27-9-5-11-29(49-27)20-30-12-6-10-28(50-30)18-26(41)19-34(43)51-32(22-40)21-31-16-24(17-33(42)48-3)35(38(37,45)53-31)52-36(44)23-7-4-8-25(15-23)39(46)47/h4,7-8,13-15,17,26-32,35,40-41,45H,5-6,9-12,16,18-22H2,1-3H3/b14-13-,24-17+/t26-,27-,28+,29+,30-,31+,32-,35+,38-/m1/s1. The van der Waals surface area contributed by atoms with Crippen molar-refractivity contribution in [3.8, 4) is 0 Å². The number of cyclic esters (lactones) is 1. The number of methoxy groups -OCH3 is 1. The highest BCUT2D eigenvalue weighted by atomic mass is 16.7. The van der Waals surface area contributed by atoms with Gasteiger partial charge in [-0.25, -0.2) is 9.59 Å². The summed E-state index contributed by atoms with van der Waals surface area (Å²) in [6.45, 7) is 2.70. The van der Waals surface area contributed by atoms with E-state index in [9.17, 15) is 39.8 Å². The highest BCUT2D eigenvalue weighted by Crippen LogP contribution is 2.47. The fourth-order valence-electron chi connectivity index (χ4n) is 7.62. The quantitative estimate of drug-likeness (QED) is 0.0972. The zero-order chi connectivity index (χ0) is 38.3. The molecule has 1 aromatic carbocycles. The van der Waals surface area contributed by atoms with E-state index in [1.54, 1.807) is 19.9 Å². The average Bonchev–Trinajstić information content (AvgIpc) is 3.11. The van der Waals surface area contributed by atoms with Gasteiger partial charge in [0.15, 0.2) is 6.10 Å². The van der Waals surface area contributed by atoms with Crippen LogP contribution >= 0.6 is 0 Å². The maximum Gasteiger partial charge on any atom is 0.339 e. The molecule has 9 atom stereocenters. The van der Waals surface area contributed by atoms with E-state index in [2.05, 4.69) is 0 Å². The van der Waals surface area contributed by atoms with Crippen LogP contribution in [0.3, 0.4) is 0 Å². The molecule has 292 valence electrons. The Morgan fingerprint density at radius 1 is 1.02 bits per heavy atom. The van der Waals surface area contributed by atoms with Gasteiger partial charge in [0.2, 0.25) is 5.79 Å². The van der Waals surface area contributed by atoms with Crippen molar-refractivity contribution in [1.29, 1.82) is 0 Å². The van der Waals surface area contributed by atoms with Crippen LogP contribution < -0.4 is 0 Å². The molecular formula is C38H51NO14. The molecule has 53 heavy (non-hydrogen) atoms. The monoisotopic (exact) mass is 745 g/mol. The molecule has 1 aromatic rings. The molecule has 15 heteroatoms. The highest BCUT2D eigenvalue weighted by Gasteiger charge is 2.57. The van der Waals surface area contributed by atoms with E-state index in [0.717, 1.165) is 51.4 Å². The topological polar surface area (TPSA) is 210 Å². The van der Waals surface area contributed by atoms with Gasteiger partial charge in [0.25, 0.3) is 5.69 Å². The van der Waals surface area contributed by atoms with Crippen molar-refractivity contribution in [3.63, 3.8) is 0 Å². The van der Waals surface area contributed by atoms with E-state index in [1.165, 1.54) is 18.2 Å². The van der Waals surface area contributed by atoms with Gasteiger partial charge < -0.3 is 43.7 Å². The van der Waals surface area contributed by atoms with E-state index < -0.39 is 65.1 Å². The fourth-order valence-corrected chi connectivity index (χ4v) is 7.62. The molecule has 4 aliphatic heterocycles. The molecule has 0 radical (unpaired) electrons. The number of esters is 3. The predicted molar refractivity (Wildman–Crippen MR) is 186 cm³/mol. The number of rotatable bonds is 5. The number of fused-ring (bicyclic) bond motifs is 6. The first-order chi connectivity index (χ1) is 25.2. The number of non-ortho nitro benzene ring substituents is 1. The zero-order valence-corrected chi connectivity index (χ0v) is 30.4. The van der Waals surface area contributed by atoms with Crippen molar-refractivity contribution in [3.05, 3.63) is 63.7 Å². The molecule has 0 aliphatic carbocycles. The second-order valence-corrected chi connectivity index (χ2v) is 15.0. The van der Waals surface area contributed by atoms with Crippen LogP contribution in [0, 0.1) is 15.5 Å². The van der Waals surface area contributed by atoms with Gasteiger partial charge in [-0.15, -0.1) is 0 Å². The number of carbonyl (C=O) groups excluding carboxylic acids is 3. The Morgan fingerprint density at radius 3 is 2.42 bits per heavy atom. The fraction of sp³-hybridized carbons (Fsp3) is 0.658. The van der Waals surface area contributed by atoms with Crippen LogP contribution in [0.1, 0.15) is 94.8 Å². The summed E-state index contributed by atoms with van der Waals surface area (Å²) in [4.78, 5) is 50.1. The smallest absolute Gasteiger partial charge is 0.339 e. The first-order valence-corrected chi connectivity index (χ1v) is 18.3. The van der Waals surface area contributed by atoms with Gasteiger partial charge in [0.05, 0.1) is 67.2 Å². The molecule has 0 saturated carbocycles. The first-order valence-electron chi connectivity index (χ1n) is 18.3. The van der Waals surface area contributed by atoms with Gasteiger partial charge >= 0.3 is 17.9 Å². The Kier molecular flexibility index (Phi) is 13.4. The lowest BCUT2D eigenvalue weighted by molar-refractivity contribution is -0.384. The summed E-state index contributed by atoms with van der Waals surface area (Å²) in [6, 6.07) is 4.89. The summed E-state index contributed by atoms with van der Waals surface area (Å²) >= 11 is 0. The Balaban J connectivity index is 1.53. The van der Waals surface area contributed by atoms with Crippen molar-refractivity contribution in [2.75, 3.05) is 13.7 Å². The first kappa shape index (κ1) is 40.5. The average molecular weight is 746 g/mol. The van der Waals surface area contributed by atoms with Gasteiger partial charge in [0, 0.05) is 36.5 Å². The molecule has 0 spiro atoms. The number of benzene rings is 1. The summed E-state index contributed by atoms with van der Waals surface area (Å²) in [5.74, 6) is -4.99. The third-order valence-electron chi connectivity index (χ3n) is 10.5. The molecule has 5 rings (SSSR count). The minimum absolute atomic E-state index is 0.0729. The molecule has 4 aliphatic rings. The van der Waals surface area contributed by atoms with Gasteiger partial charge in [0.1, 0.15) is 6.10 Å². The third-order valence-corrected chi connectivity index (χ3v) is 10.5. The lowest BCUT2D eigenvalue weighted by atomic mass is 9.74. The Labute approximate surface area is 308 Å². The molecule has 6 bridgehead atoms. The number of hydrogen-bond donors (Lipinski definition) is 3. The van der Waals surface area contributed by atoms with E-state index in [-0.39, 0.29) is 66.9 Å². The summed E-state index contributed by atoms with van der Waals surface area (Å²) in [7, 11) is 1.16. The number of aliphatic hydroxyl groups is 3. The molecule has 3 saturated heterocycles. The van der Waals surface area contributed by atoms with Crippen LogP contribution in [0.2, 0.25) is 0 Å². The van der Waals surface area contributed by atoms with E-state index in [0.29, 0.717) is 12.8 Å². The van der Waals surface area contributed by atoms with E-state index in [1.807, 2.05) is 6.08 Å². The SMILES string of the molecule is COC(=O)/C=C1\C[C@H]2C[C@H](CO)OC(=O)C[C@H](O)C[C@@H]3CCC[C@H](C[C@@H]4CCC[C@H](/C=C\C(C)(C)[C@](O)(O2)[C@H]1OC(=O)c1cccc([N+](=O)[O-])c1)O4)O3. The number of aliphatic hydroxyl groups excluding tert-OH is 2. The summed E-state index contributed by atoms with van der Waals surface area (Å²) in [5.41, 5.74) is -1.81. The number of nitro benzene ring substituents is 1. The largest absolute Gasteiger partial charge is 0.466 e. The molecular weight excluding hydrogens is 694 g/mol. The Bertz CT molecular complexity index is 1540. The van der Waals surface area contributed by atoms with Crippen molar-refractivity contribution in [1.82, 2.24) is 0 Å². The Morgan fingerprint density at radius 2 is 1.72 bits per heavy atom. The zero-order valence-electron chi connectivity index (χ0n) is 30.4. The molecule has 3 fully saturated rings. The number of nitro groups is 1. The number of hydrogen-bond acceptors (Lipinski definition) is 14. The maximum atomic E-state index is 13.6. The van der Waals surface area contributed by atoms with Gasteiger partial charge in [-0.1, -0.05) is 32.1 Å². The van der Waals surface area contributed by atoms with Gasteiger partial charge in [-0.05, 0) is 63.0 Å². The van der Waals surface area contributed by atoms with Crippen LogP contribution in [-0.2, 0) is 38.0 Å². The van der Waals surface area contributed by atoms with Crippen molar-refractivity contribution < 1.29 is 63.0 Å². The molecule has 4 heterocycles. The van der Waals surface area contributed by atoms with Crippen LogP contribution in [0.5, 0.6) is 0 Å². The van der Waals surface area contributed by atoms with Crippen LogP contribution in [0.4, 0.5) is 5.69 Å². The van der Waals surface area contributed by atoms with Crippen LogP contribution in [0.25, 0.3) is 0 Å². The summed E-state index contributed by atoms with van der Waals surface area (Å²) in [6.07, 6.45) is 4.39. The number of nitrogens with zero attached hydrogens (tertiary/aromatic N) is 1. The minimum Gasteiger partial charge on any atom is -0.466 e. The predicted octanol–water partition coefficient (Wildman–Crippen LogP) is 3.99. The Hall–Kier alpha value is -3.73. The van der Waals surface area contributed by atoms with Gasteiger partial charge in [-0.2, -0.15) is 0 Å². The third kappa shape index (κ3) is 10.3. The normalized spacial score (nSPS) is 35.3. The lowest BCUT2D eigenvalue weighted by Crippen LogP contribution is -2.62. The van der Waals surface area contributed by atoms with Crippen LogP contribution in [0.15, 0.2) is 48.1 Å². The molecule has 15 nitrogen and oxygen atoms in total. The van der Waals surface area contributed by atoms with Gasteiger partial charge in [-0.3, -0.25) is 14.9 Å². The van der Waals surface area contributed by atoms with Crippen LogP contribution in [-0.4, -0.2) is 106 Å².